The molecule has 0 saturated carbocycles. The van der Waals surface area contributed by atoms with Crippen LogP contribution in [0.1, 0.15) is 0 Å². The Morgan fingerprint density at radius 1 is 1.04 bits per heavy atom. The number of aromatic hydroxyl groups is 1. The molecule has 0 heterocycles. The van der Waals surface area contributed by atoms with E-state index < -0.39 is 6.03 Å². The number of nitrogens with zero attached hydrogens (tertiary/aromatic N) is 2. The fourth-order valence-electron chi connectivity index (χ4n) is 2.30. The maximum absolute atomic E-state index is 10.9. The van der Waals surface area contributed by atoms with Crippen LogP contribution in [0.3, 0.4) is 0 Å². The van der Waals surface area contributed by atoms with Crippen LogP contribution in [0.4, 0.5) is 27.5 Å². The van der Waals surface area contributed by atoms with Gasteiger partial charge in [-0.1, -0.05) is 12.1 Å². The van der Waals surface area contributed by atoms with Crippen LogP contribution in [0.2, 0.25) is 0 Å². The van der Waals surface area contributed by atoms with Crippen LogP contribution in [0.5, 0.6) is 5.75 Å². The van der Waals surface area contributed by atoms with Crippen molar-refractivity contribution < 1.29 is 9.90 Å². The molecule has 0 bridgehead atoms. The second-order valence-electron chi connectivity index (χ2n) is 5.15. The first-order valence-electron chi connectivity index (χ1n) is 7.12. The minimum atomic E-state index is -0.647. The zero-order valence-corrected chi connectivity index (χ0v) is 12.6. The molecule has 0 fully saturated rings. The van der Waals surface area contributed by atoms with Crippen LogP contribution in [0.15, 0.2) is 64.8 Å². The van der Waals surface area contributed by atoms with E-state index in [9.17, 15) is 9.90 Å². The highest BCUT2D eigenvalue weighted by molar-refractivity contribution is 5.97. The van der Waals surface area contributed by atoms with E-state index in [2.05, 4.69) is 15.5 Å². The fourth-order valence-corrected chi connectivity index (χ4v) is 2.30. The molecule has 3 aromatic carbocycles. The number of carbonyl (C=O) groups is 1. The zero-order chi connectivity index (χ0) is 17.1. The van der Waals surface area contributed by atoms with E-state index in [1.165, 1.54) is 0 Å². The summed E-state index contributed by atoms with van der Waals surface area (Å²) in [6.45, 7) is 0. The van der Waals surface area contributed by atoms with E-state index in [1.807, 2.05) is 0 Å². The standard InChI is InChI=1S/C17H15N5O2/c18-11-2-1-3-13(9-11)21-22-15-7-4-10-8-12(20-17(19)24)5-6-14(10)16(15)23/h1-9,23H,18H2,(H3,19,20,24). The molecule has 24 heavy (non-hydrogen) atoms. The van der Waals surface area contributed by atoms with Gasteiger partial charge in [0, 0.05) is 16.8 Å². The first-order valence-corrected chi connectivity index (χ1v) is 7.12. The van der Waals surface area contributed by atoms with E-state index in [-0.39, 0.29) is 5.75 Å². The summed E-state index contributed by atoms with van der Waals surface area (Å²) in [5, 5.41) is 22.3. The lowest BCUT2D eigenvalue weighted by Crippen LogP contribution is -2.19. The Morgan fingerprint density at radius 2 is 1.88 bits per heavy atom. The number of phenols is 1. The maximum Gasteiger partial charge on any atom is 0.316 e. The van der Waals surface area contributed by atoms with Crippen LogP contribution >= 0.6 is 0 Å². The summed E-state index contributed by atoms with van der Waals surface area (Å²) in [6, 6.07) is 14.8. The molecule has 0 aliphatic carbocycles. The van der Waals surface area contributed by atoms with E-state index in [0.29, 0.717) is 28.1 Å². The Bertz CT molecular complexity index is 953. The van der Waals surface area contributed by atoms with E-state index in [1.54, 1.807) is 54.6 Å². The van der Waals surface area contributed by atoms with Crippen molar-refractivity contribution >= 4 is 39.6 Å². The van der Waals surface area contributed by atoms with Crippen molar-refractivity contribution in [1.29, 1.82) is 0 Å². The highest BCUT2D eigenvalue weighted by atomic mass is 16.3. The van der Waals surface area contributed by atoms with Crippen molar-refractivity contribution in [1.82, 2.24) is 0 Å². The number of hydrogen-bond donors (Lipinski definition) is 4. The van der Waals surface area contributed by atoms with Gasteiger partial charge in [0.2, 0.25) is 0 Å². The maximum atomic E-state index is 10.9. The van der Waals surface area contributed by atoms with Crippen molar-refractivity contribution in [2.75, 3.05) is 11.1 Å². The Labute approximate surface area is 137 Å². The van der Waals surface area contributed by atoms with Crippen LogP contribution in [-0.4, -0.2) is 11.1 Å². The first-order chi connectivity index (χ1) is 11.5. The van der Waals surface area contributed by atoms with Gasteiger partial charge in [0.1, 0.15) is 5.69 Å². The van der Waals surface area contributed by atoms with E-state index >= 15 is 0 Å². The molecule has 0 unspecified atom stereocenters. The third-order valence-corrected chi connectivity index (χ3v) is 3.38. The van der Waals surface area contributed by atoms with Crippen molar-refractivity contribution in [2.24, 2.45) is 16.0 Å². The predicted molar refractivity (Wildman–Crippen MR) is 93.8 cm³/mol. The second kappa shape index (κ2) is 6.25. The van der Waals surface area contributed by atoms with Gasteiger partial charge in [0.25, 0.3) is 0 Å². The lowest BCUT2D eigenvalue weighted by atomic mass is 10.1. The van der Waals surface area contributed by atoms with Gasteiger partial charge in [-0.05, 0) is 47.9 Å². The number of nitrogen functional groups attached to an aromatic ring is 1. The number of rotatable bonds is 3. The zero-order valence-electron chi connectivity index (χ0n) is 12.6. The largest absolute Gasteiger partial charge is 0.505 e. The number of carbonyl (C=O) groups excluding carboxylic acids is 1. The summed E-state index contributed by atoms with van der Waals surface area (Å²) in [5.41, 5.74) is 12.8. The highest BCUT2D eigenvalue weighted by Gasteiger charge is 2.07. The molecule has 2 amide bonds. The molecule has 0 aliphatic heterocycles. The number of fused-ring (bicyclic) bond motifs is 1. The highest BCUT2D eigenvalue weighted by Crippen LogP contribution is 2.36. The lowest BCUT2D eigenvalue weighted by Gasteiger charge is -2.07. The molecular formula is C17H15N5O2. The van der Waals surface area contributed by atoms with Gasteiger partial charge in [-0.2, -0.15) is 5.11 Å². The molecule has 0 aromatic heterocycles. The number of hydrogen-bond acceptors (Lipinski definition) is 5. The second-order valence-corrected chi connectivity index (χ2v) is 5.15. The van der Waals surface area contributed by atoms with Crippen LogP contribution in [0, 0.1) is 0 Å². The number of amides is 2. The Morgan fingerprint density at radius 3 is 2.62 bits per heavy atom. The van der Waals surface area contributed by atoms with Crippen LogP contribution in [-0.2, 0) is 0 Å². The third-order valence-electron chi connectivity index (χ3n) is 3.38. The average Bonchev–Trinajstić information content (AvgIpc) is 2.54. The molecule has 6 N–H and O–H groups in total. The monoisotopic (exact) mass is 321 g/mol. The molecule has 3 rings (SSSR count). The minimum absolute atomic E-state index is 0.00535. The van der Waals surface area contributed by atoms with Gasteiger partial charge in [0.05, 0.1) is 5.69 Å². The average molecular weight is 321 g/mol. The molecule has 7 nitrogen and oxygen atoms in total. The SMILES string of the molecule is NC(=O)Nc1ccc2c(O)c(N=Nc3cccc(N)c3)ccc2c1. The first kappa shape index (κ1) is 15.3. The summed E-state index contributed by atoms with van der Waals surface area (Å²) in [6.07, 6.45) is 0. The van der Waals surface area contributed by atoms with Gasteiger partial charge >= 0.3 is 6.03 Å². The molecule has 120 valence electrons. The van der Waals surface area contributed by atoms with Gasteiger partial charge < -0.3 is 21.9 Å². The molecule has 0 radical (unpaired) electrons. The number of anilines is 2. The van der Waals surface area contributed by atoms with Gasteiger partial charge in [-0.3, -0.25) is 0 Å². The van der Waals surface area contributed by atoms with Crippen LogP contribution < -0.4 is 16.8 Å². The van der Waals surface area contributed by atoms with Crippen molar-refractivity contribution in [3.63, 3.8) is 0 Å². The molecule has 0 spiro atoms. The summed E-state index contributed by atoms with van der Waals surface area (Å²) >= 11 is 0. The topological polar surface area (TPSA) is 126 Å². The predicted octanol–water partition coefficient (Wildman–Crippen LogP) is 4.03. The molecule has 3 aromatic rings. The van der Waals surface area contributed by atoms with Gasteiger partial charge in [-0.15, -0.1) is 5.11 Å². The number of azo groups is 1. The lowest BCUT2D eigenvalue weighted by molar-refractivity contribution is 0.259. The van der Waals surface area contributed by atoms with Crippen molar-refractivity contribution in [2.45, 2.75) is 0 Å². The number of nitrogens with two attached hydrogens (primary N) is 2. The normalized spacial score (nSPS) is 11.0. The number of phenolic OH excluding ortho intramolecular Hbond substituents is 1. The van der Waals surface area contributed by atoms with Crippen molar-refractivity contribution in [3.8, 4) is 5.75 Å². The molecule has 0 saturated heterocycles. The Kier molecular flexibility index (Phi) is 3.98. The summed E-state index contributed by atoms with van der Waals surface area (Å²) < 4.78 is 0. The van der Waals surface area contributed by atoms with Gasteiger partial charge in [-0.25, -0.2) is 4.79 Å². The molecule has 0 aliphatic rings. The fraction of sp³-hybridized carbons (Fsp3) is 0. The third kappa shape index (κ3) is 3.25. The summed E-state index contributed by atoms with van der Waals surface area (Å²) in [5.74, 6) is 0.00535. The van der Waals surface area contributed by atoms with Gasteiger partial charge in [0.15, 0.2) is 5.75 Å². The number of primary amides is 1. The van der Waals surface area contributed by atoms with Crippen molar-refractivity contribution in [3.05, 3.63) is 54.6 Å². The molecular weight excluding hydrogens is 306 g/mol. The number of benzene rings is 3. The Balaban J connectivity index is 1.95. The molecule has 0 atom stereocenters. The number of urea groups is 1. The summed E-state index contributed by atoms with van der Waals surface area (Å²) in [7, 11) is 0. The molecule has 7 heteroatoms. The van der Waals surface area contributed by atoms with Crippen LogP contribution in [0.25, 0.3) is 10.8 Å². The summed E-state index contributed by atoms with van der Waals surface area (Å²) in [4.78, 5) is 10.9. The smallest absolute Gasteiger partial charge is 0.316 e. The van der Waals surface area contributed by atoms with E-state index in [4.69, 9.17) is 11.5 Å². The number of nitrogens with one attached hydrogen (secondary N) is 1. The Hall–Kier alpha value is -3.61. The minimum Gasteiger partial charge on any atom is -0.505 e. The quantitative estimate of drug-likeness (QED) is 0.429. The van der Waals surface area contributed by atoms with E-state index in [0.717, 1.165) is 5.39 Å².